The fourth-order valence-electron chi connectivity index (χ4n) is 3.25. The van der Waals surface area contributed by atoms with Gasteiger partial charge in [-0.3, -0.25) is 4.90 Å². The first-order chi connectivity index (χ1) is 10.7. The smallest absolute Gasteiger partial charge is 0.0616 e. The first-order valence-electron chi connectivity index (χ1n) is 7.93. The number of nitrogens with zero attached hydrogens (tertiary/aromatic N) is 1. The monoisotopic (exact) mass is 358 g/mol. The van der Waals surface area contributed by atoms with Crippen molar-refractivity contribution in [2.75, 3.05) is 26.2 Å². The molecule has 0 amide bonds. The van der Waals surface area contributed by atoms with Gasteiger partial charge in [-0.25, -0.2) is 0 Å². The summed E-state index contributed by atoms with van der Waals surface area (Å²) >= 11 is 3.76. The number of rotatable bonds is 3. The molecule has 0 saturated carbocycles. The van der Waals surface area contributed by atoms with E-state index >= 15 is 0 Å². The molecule has 0 spiro atoms. The fraction of sp³-hybridized carbons (Fsp3) is 0.368. The number of benzene rings is 2. The zero-order chi connectivity index (χ0) is 15.5. The number of nitrogens with one attached hydrogen (secondary N) is 1. The molecule has 0 aliphatic carbocycles. The van der Waals surface area contributed by atoms with Gasteiger partial charge in [0.1, 0.15) is 0 Å². The minimum absolute atomic E-state index is 0.317. The Morgan fingerprint density at radius 2 is 1.73 bits per heavy atom. The summed E-state index contributed by atoms with van der Waals surface area (Å²) in [5.74, 6) is 0. The lowest BCUT2D eigenvalue weighted by Gasteiger charge is -2.37. The highest BCUT2D eigenvalue weighted by molar-refractivity contribution is 9.10. The second-order valence-electron chi connectivity index (χ2n) is 6.07. The molecule has 1 fully saturated rings. The van der Waals surface area contributed by atoms with Gasteiger partial charge in [0.25, 0.3) is 0 Å². The van der Waals surface area contributed by atoms with E-state index in [1.165, 1.54) is 26.7 Å². The van der Waals surface area contributed by atoms with E-state index in [1.54, 1.807) is 0 Å². The minimum Gasteiger partial charge on any atom is -0.314 e. The Balaban J connectivity index is 2.10. The Kier molecular flexibility index (Phi) is 4.97. The maximum absolute atomic E-state index is 3.76. The average molecular weight is 359 g/mol. The SMILES string of the molecule is Cc1ccc(C)c(C(c2ccccc2Br)N2CCNCC2)c1. The van der Waals surface area contributed by atoms with E-state index in [2.05, 4.69) is 82.5 Å². The Hall–Kier alpha value is -1.16. The van der Waals surface area contributed by atoms with Crippen LogP contribution in [0.25, 0.3) is 0 Å². The first-order valence-corrected chi connectivity index (χ1v) is 8.72. The third-order valence-corrected chi connectivity index (χ3v) is 5.17. The quantitative estimate of drug-likeness (QED) is 0.889. The van der Waals surface area contributed by atoms with Crippen molar-refractivity contribution in [3.05, 3.63) is 69.2 Å². The highest BCUT2D eigenvalue weighted by Gasteiger charge is 2.26. The molecular weight excluding hydrogens is 336 g/mol. The molecule has 2 aromatic rings. The number of hydrogen-bond donors (Lipinski definition) is 1. The van der Waals surface area contributed by atoms with Gasteiger partial charge in [-0.2, -0.15) is 0 Å². The second kappa shape index (κ2) is 6.95. The van der Waals surface area contributed by atoms with Crippen LogP contribution in [0.5, 0.6) is 0 Å². The van der Waals surface area contributed by atoms with Crippen molar-refractivity contribution < 1.29 is 0 Å². The van der Waals surface area contributed by atoms with E-state index < -0.39 is 0 Å². The van der Waals surface area contributed by atoms with Crippen LogP contribution >= 0.6 is 15.9 Å². The van der Waals surface area contributed by atoms with E-state index in [1.807, 2.05) is 0 Å². The van der Waals surface area contributed by atoms with E-state index in [0.717, 1.165) is 26.2 Å². The molecular formula is C19H23BrN2. The van der Waals surface area contributed by atoms with Gasteiger partial charge in [0.05, 0.1) is 6.04 Å². The molecule has 22 heavy (non-hydrogen) atoms. The summed E-state index contributed by atoms with van der Waals surface area (Å²) in [6, 6.07) is 15.7. The lowest BCUT2D eigenvalue weighted by molar-refractivity contribution is 0.197. The Morgan fingerprint density at radius 3 is 2.45 bits per heavy atom. The third-order valence-electron chi connectivity index (χ3n) is 4.45. The molecule has 1 aliphatic heterocycles. The van der Waals surface area contributed by atoms with Gasteiger partial charge in [-0.15, -0.1) is 0 Å². The Bertz CT molecular complexity index is 648. The summed E-state index contributed by atoms with van der Waals surface area (Å²) in [6.07, 6.45) is 0. The molecule has 1 N–H and O–H groups in total. The molecule has 1 atom stereocenters. The molecule has 1 unspecified atom stereocenters. The van der Waals surface area contributed by atoms with Crippen LogP contribution in [0.3, 0.4) is 0 Å². The topological polar surface area (TPSA) is 15.3 Å². The predicted octanol–water partition coefficient (Wildman–Crippen LogP) is 4.06. The van der Waals surface area contributed by atoms with Gasteiger partial charge in [0.2, 0.25) is 0 Å². The lowest BCUT2D eigenvalue weighted by atomic mass is 9.92. The van der Waals surface area contributed by atoms with E-state index in [4.69, 9.17) is 0 Å². The van der Waals surface area contributed by atoms with Gasteiger partial charge >= 0.3 is 0 Å². The summed E-state index contributed by atoms with van der Waals surface area (Å²) in [4.78, 5) is 2.60. The van der Waals surface area contributed by atoms with Crippen molar-refractivity contribution in [2.24, 2.45) is 0 Å². The van der Waals surface area contributed by atoms with Crippen LogP contribution in [0.15, 0.2) is 46.9 Å². The highest BCUT2D eigenvalue weighted by atomic mass is 79.9. The van der Waals surface area contributed by atoms with Crippen molar-refractivity contribution in [3.63, 3.8) is 0 Å². The molecule has 2 aromatic carbocycles. The van der Waals surface area contributed by atoms with Gasteiger partial charge < -0.3 is 5.32 Å². The van der Waals surface area contributed by atoms with Crippen molar-refractivity contribution in [3.8, 4) is 0 Å². The number of hydrogen-bond acceptors (Lipinski definition) is 2. The van der Waals surface area contributed by atoms with E-state index in [0.29, 0.717) is 6.04 Å². The number of halogens is 1. The largest absolute Gasteiger partial charge is 0.314 e. The standard InChI is InChI=1S/C19H23BrN2/c1-14-7-8-15(2)17(13-14)19(22-11-9-21-10-12-22)16-5-3-4-6-18(16)20/h3-8,13,19,21H,9-12H2,1-2H3. The van der Waals surface area contributed by atoms with Gasteiger partial charge in [0.15, 0.2) is 0 Å². The summed E-state index contributed by atoms with van der Waals surface area (Å²) < 4.78 is 1.19. The van der Waals surface area contributed by atoms with Gasteiger partial charge in [-0.05, 0) is 36.6 Å². The maximum atomic E-state index is 3.76. The number of piperazine rings is 1. The molecule has 116 valence electrons. The van der Waals surface area contributed by atoms with E-state index in [9.17, 15) is 0 Å². The van der Waals surface area contributed by atoms with Crippen LogP contribution in [0, 0.1) is 13.8 Å². The molecule has 0 aromatic heterocycles. The fourth-order valence-corrected chi connectivity index (χ4v) is 3.75. The summed E-state index contributed by atoms with van der Waals surface area (Å²) in [5, 5.41) is 3.46. The minimum atomic E-state index is 0.317. The molecule has 1 saturated heterocycles. The normalized spacial score (nSPS) is 17.4. The molecule has 0 radical (unpaired) electrons. The number of aryl methyl sites for hydroxylation is 2. The summed E-state index contributed by atoms with van der Waals surface area (Å²) in [7, 11) is 0. The molecule has 0 bridgehead atoms. The van der Waals surface area contributed by atoms with Crippen LogP contribution in [-0.2, 0) is 0 Å². The van der Waals surface area contributed by atoms with Crippen LogP contribution in [0.1, 0.15) is 28.3 Å². The van der Waals surface area contributed by atoms with E-state index in [-0.39, 0.29) is 0 Å². The van der Waals surface area contributed by atoms with Crippen molar-refractivity contribution >= 4 is 15.9 Å². The zero-order valence-corrected chi connectivity index (χ0v) is 14.9. The first kappa shape index (κ1) is 15.7. The maximum Gasteiger partial charge on any atom is 0.0616 e. The summed E-state index contributed by atoms with van der Waals surface area (Å²) in [5.41, 5.74) is 5.48. The molecule has 1 aliphatic rings. The molecule has 3 rings (SSSR count). The predicted molar refractivity (Wildman–Crippen MR) is 96.3 cm³/mol. The molecule has 1 heterocycles. The highest BCUT2D eigenvalue weighted by Crippen LogP contribution is 2.35. The van der Waals surface area contributed by atoms with Gasteiger partial charge in [0, 0.05) is 30.7 Å². The van der Waals surface area contributed by atoms with Crippen molar-refractivity contribution in [2.45, 2.75) is 19.9 Å². The van der Waals surface area contributed by atoms with Crippen molar-refractivity contribution in [1.82, 2.24) is 10.2 Å². The Morgan fingerprint density at radius 1 is 1.00 bits per heavy atom. The Labute approximate surface area is 141 Å². The average Bonchev–Trinajstić information content (AvgIpc) is 2.54. The van der Waals surface area contributed by atoms with Gasteiger partial charge in [-0.1, -0.05) is 57.9 Å². The van der Waals surface area contributed by atoms with Crippen LogP contribution in [0.4, 0.5) is 0 Å². The molecule has 3 heteroatoms. The van der Waals surface area contributed by atoms with Crippen LogP contribution in [-0.4, -0.2) is 31.1 Å². The van der Waals surface area contributed by atoms with Crippen LogP contribution in [0.2, 0.25) is 0 Å². The van der Waals surface area contributed by atoms with Crippen LogP contribution < -0.4 is 5.32 Å². The zero-order valence-electron chi connectivity index (χ0n) is 13.3. The molecule has 2 nitrogen and oxygen atoms in total. The summed E-state index contributed by atoms with van der Waals surface area (Å²) in [6.45, 7) is 8.69. The third kappa shape index (κ3) is 3.27. The van der Waals surface area contributed by atoms with Crippen molar-refractivity contribution in [1.29, 1.82) is 0 Å². The lowest BCUT2D eigenvalue weighted by Crippen LogP contribution is -2.45. The second-order valence-corrected chi connectivity index (χ2v) is 6.92.